The number of carbonyl (C=O) groups excluding carboxylic acids is 2. The summed E-state index contributed by atoms with van der Waals surface area (Å²) in [6, 6.07) is 15.0. The van der Waals surface area contributed by atoms with Gasteiger partial charge in [0.1, 0.15) is 5.75 Å². The fraction of sp³-hybridized carbons (Fsp3) is 0.364. The number of ketones is 1. The topological polar surface area (TPSA) is 55.4 Å². The number of carbonyl (C=O) groups is 2. The Morgan fingerprint density at radius 1 is 1.00 bits per heavy atom. The first-order valence-electron chi connectivity index (χ1n) is 9.13. The lowest BCUT2D eigenvalue weighted by Gasteiger charge is -2.11. The summed E-state index contributed by atoms with van der Waals surface area (Å²) in [7, 11) is 0. The number of hydrogen-bond acceptors (Lipinski definition) is 3. The lowest BCUT2D eigenvalue weighted by atomic mass is 9.99. The van der Waals surface area contributed by atoms with Gasteiger partial charge < -0.3 is 10.1 Å². The van der Waals surface area contributed by atoms with Crippen molar-refractivity contribution >= 4 is 17.4 Å². The average molecular weight is 353 g/mol. The van der Waals surface area contributed by atoms with Gasteiger partial charge in [-0.3, -0.25) is 9.59 Å². The number of anilines is 1. The highest BCUT2D eigenvalue weighted by molar-refractivity contribution is 6.00. The number of ether oxygens (including phenoxy) is 1. The lowest BCUT2D eigenvalue weighted by Crippen LogP contribution is -2.14. The summed E-state index contributed by atoms with van der Waals surface area (Å²) in [5, 5.41) is 2.82. The van der Waals surface area contributed by atoms with E-state index in [1.165, 1.54) is 5.56 Å². The second-order valence-corrected chi connectivity index (χ2v) is 6.70. The summed E-state index contributed by atoms with van der Waals surface area (Å²) in [4.78, 5) is 24.5. The van der Waals surface area contributed by atoms with Gasteiger partial charge in [-0.15, -0.1) is 0 Å². The van der Waals surface area contributed by atoms with Gasteiger partial charge >= 0.3 is 0 Å². The van der Waals surface area contributed by atoms with Crippen molar-refractivity contribution in [3.05, 3.63) is 59.7 Å². The molecule has 0 aromatic heterocycles. The molecule has 0 radical (unpaired) electrons. The minimum Gasteiger partial charge on any atom is -0.492 e. The molecule has 0 saturated heterocycles. The van der Waals surface area contributed by atoms with Crippen LogP contribution in [0.4, 0.5) is 5.69 Å². The van der Waals surface area contributed by atoms with Gasteiger partial charge in [-0.05, 0) is 37.0 Å². The SMILES string of the molecule is CCOc1ccccc1NC(=O)CCC(=O)c1ccc(CC(C)C)cc1. The maximum atomic E-state index is 12.3. The molecule has 0 spiro atoms. The van der Waals surface area contributed by atoms with Crippen molar-refractivity contribution < 1.29 is 14.3 Å². The monoisotopic (exact) mass is 353 g/mol. The first kappa shape index (κ1) is 19.7. The van der Waals surface area contributed by atoms with Crippen LogP contribution in [-0.4, -0.2) is 18.3 Å². The molecule has 0 atom stereocenters. The number of rotatable bonds is 9. The Kier molecular flexibility index (Phi) is 7.39. The molecule has 2 aromatic rings. The van der Waals surface area contributed by atoms with Crippen molar-refractivity contribution in [2.45, 2.75) is 40.0 Å². The standard InChI is InChI=1S/C22H27NO3/c1-4-26-21-8-6-5-7-19(21)23-22(25)14-13-20(24)18-11-9-17(10-12-18)15-16(2)3/h5-12,16H,4,13-15H2,1-3H3,(H,23,25). The first-order valence-corrected chi connectivity index (χ1v) is 9.13. The molecular formula is C22H27NO3. The van der Waals surface area contributed by atoms with Crippen molar-refractivity contribution in [1.29, 1.82) is 0 Å². The fourth-order valence-electron chi connectivity index (χ4n) is 2.73. The van der Waals surface area contributed by atoms with Crippen molar-refractivity contribution in [2.75, 3.05) is 11.9 Å². The summed E-state index contributed by atoms with van der Waals surface area (Å²) in [6.45, 7) is 6.75. The van der Waals surface area contributed by atoms with Gasteiger partial charge in [0.15, 0.2) is 5.78 Å². The molecule has 1 N–H and O–H groups in total. The Morgan fingerprint density at radius 2 is 1.69 bits per heavy atom. The predicted octanol–water partition coefficient (Wildman–Crippen LogP) is 4.89. The zero-order valence-corrected chi connectivity index (χ0v) is 15.7. The van der Waals surface area contributed by atoms with Gasteiger partial charge in [0, 0.05) is 18.4 Å². The predicted molar refractivity (Wildman–Crippen MR) is 105 cm³/mol. The fourth-order valence-corrected chi connectivity index (χ4v) is 2.73. The first-order chi connectivity index (χ1) is 12.5. The smallest absolute Gasteiger partial charge is 0.224 e. The Morgan fingerprint density at radius 3 is 2.35 bits per heavy atom. The number of Topliss-reactive ketones (excluding diaryl/α,β-unsaturated/α-hetero) is 1. The molecule has 0 heterocycles. The highest BCUT2D eigenvalue weighted by Gasteiger charge is 2.11. The number of para-hydroxylation sites is 2. The van der Waals surface area contributed by atoms with E-state index in [1.54, 1.807) is 6.07 Å². The number of hydrogen-bond donors (Lipinski definition) is 1. The van der Waals surface area contributed by atoms with Crippen LogP contribution in [0.2, 0.25) is 0 Å². The van der Waals surface area contributed by atoms with Crippen molar-refractivity contribution in [3.63, 3.8) is 0 Å². The van der Waals surface area contributed by atoms with Crippen LogP contribution < -0.4 is 10.1 Å². The Labute approximate surface area is 155 Å². The Hall–Kier alpha value is -2.62. The molecule has 0 unspecified atom stereocenters. The zero-order chi connectivity index (χ0) is 18.9. The molecule has 4 heteroatoms. The second kappa shape index (κ2) is 9.76. The van der Waals surface area contributed by atoms with Crippen LogP contribution in [-0.2, 0) is 11.2 Å². The molecule has 2 aromatic carbocycles. The van der Waals surface area contributed by atoms with E-state index in [1.807, 2.05) is 49.4 Å². The second-order valence-electron chi connectivity index (χ2n) is 6.70. The lowest BCUT2D eigenvalue weighted by molar-refractivity contribution is -0.116. The summed E-state index contributed by atoms with van der Waals surface area (Å²) >= 11 is 0. The molecule has 1 amide bonds. The molecule has 0 aliphatic heterocycles. The summed E-state index contributed by atoms with van der Waals surface area (Å²) in [5.41, 5.74) is 2.51. The molecule has 0 aliphatic rings. The van der Waals surface area contributed by atoms with E-state index in [-0.39, 0.29) is 24.5 Å². The van der Waals surface area contributed by atoms with Gasteiger partial charge in [0.05, 0.1) is 12.3 Å². The van der Waals surface area contributed by atoms with Crippen molar-refractivity contribution in [3.8, 4) is 5.75 Å². The number of nitrogens with one attached hydrogen (secondary N) is 1. The van der Waals surface area contributed by atoms with Gasteiger partial charge in [-0.25, -0.2) is 0 Å². The normalized spacial score (nSPS) is 10.6. The summed E-state index contributed by atoms with van der Waals surface area (Å²) in [6.07, 6.45) is 1.33. The Balaban J connectivity index is 1.88. The van der Waals surface area contributed by atoms with Gasteiger partial charge in [0.25, 0.3) is 0 Å². The molecule has 0 saturated carbocycles. The minimum absolute atomic E-state index is 0.0191. The van der Waals surface area contributed by atoms with Crippen molar-refractivity contribution in [2.24, 2.45) is 5.92 Å². The number of benzene rings is 2. The van der Waals surface area contributed by atoms with E-state index in [4.69, 9.17) is 4.74 Å². The maximum absolute atomic E-state index is 12.3. The van der Waals surface area contributed by atoms with Crippen LogP contribution in [0.15, 0.2) is 48.5 Å². The molecule has 0 bridgehead atoms. The van der Waals surface area contributed by atoms with Crippen LogP contribution in [0.5, 0.6) is 5.75 Å². The van der Waals surface area contributed by atoms with Crippen LogP contribution >= 0.6 is 0 Å². The number of amides is 1. The van der Waals surface area contributed by atoms with E-state index < -0.39 is 0 Å². The third-order valence-electron chi connectivity index (χ3n) is 3.96. The summed E-state index contributed by atoms with van der Waals surface area (Å²) < 4.78 is 5.49. The van der Waals surface area contributed by atoms with Gasteiger partial charge in [-0.1, -0.05) is 50.2 Å². The van der Waals surface area contributed by atoms with Gasteiger partial charge in [-0.2, -0.15) is 0 Å². The third-order valence-corrected chi connectivity index (χ3v) is 3.96. The molecule has 138 valence electrons. The Bertz CT molecular complexity index is 735. The summed E-state index contributed by atoms with van der Waals surface area (Å²) in [5.74, 6) is 1.01. The molecule has 4 nitrogen and oxygen atoms in total. The molecule has 0 fully saturated rings. The van der Waals surface area contributed by atoms with Gasteiger partial charge in [0.2, 0.25) is 5.91 Å². The molecule has 26 heavy (non-hydrogen) atoms. The highest BCUT2D eigenvalue weighted by atomic mass is 16.5. The van der Waals surface area contributed by atoms with Crippen LogP contribution in [0.3, 0.4) is 0 Å². The van der Waals surface area contributed by atoms with Crippen LogP contribution in [0, 0.1) is 5.92 Å². The quantitative estimate of drug-likeness (QED) is 0.653. The van der Waals surface area contributed by atoms with Crippen LogP contribution in [0.1, 0.15) is 49.5 Å². The van der Waals surface area contributed by atoms with E-state index in [2.05, 4.69) is 19.2 Å². The van der Waals surface area contributed by atoms with E-state index in [9.17, 15) is 9.59 Å². The van der Waals surface area contributed by atoms with E-state index >= 15 is 0 Å². The largest absolute Gasteiger partial charge is 0.492 e. The minimum atomic E-state index is -0.193. The highest BCUT2D eigenvalue weighted by Crippen LogP contribution is 2.24. The van der Waals surface area contributed by atoms with Crippen molar-refractivity contribution in [1.82, 2.24) is 0 Å². The molecular weight excluding hydrogens is 326 g/mol. The third kappa shape index (κ3) is 6.03. The van der Waals surface area contributed by atoms with Crippen LogP contribution in [0.25, 0.3) is 0 Å². The van der Waals surface area contributed by atoms with E-state index in [0.29, 0.717) is 29.5 Å². The maximum Gasteiger partial charge on any atom is 0.224 e. The van der Waals surface area contributed by atoms with E-state index in [0.717, 1.165) is 6.42 Å². The molecule has 2 rings (SSSR count). The zero-order valence-electron chi connectivity index (χ0n) is 15.7. The average Bonchev–Trinajstić information content (AvgIpc) is 2.62. The molecule has 0 aliphatic carbocycles.